The van der Waals surface area contributed by atoms with Gasteiger partial charge in [-0.2, -0.15) is 0 Å². The molecule has 0 bridgehead atoms. The number of likely N-dealkylation sites (N-methyl/N-ethyl adjacent to an activating group) is 1. The van der Waals surface area contributed by atoms with Crippen LogP contribution in [0.2, 0.25) is 0 Å². The first kappa shape index (κ1) is 22.2. The first-order chi connectivity index (χ1) is 14.4. The van der Waals surface area contributed by atoms with Crippen molar-refractivity contribution in [2.24, 2.45) is 5.92 Å². The van der Waals surface area contributed by atoms with Gasteiger partial charge in [0.1, 0.15) is 11.5 Å². The molecule has 1 aromatic carbocycles. The van der Waals surface area contributed by atoms with Crippen molar-refractivity contribution in [3.8, 4) is 11.3 Å². The highest BCUT2D eigenvalue weighted by Crippen LogP contribution is 2.33. The predicted molar refractivity (Wildman–Crippen MR) is 114 cm³/mol. The second-order valence-corrected chi connectivity index (χ2v) is 8.02. The summed E-state index contributed by atoms with van der Waals surface area (Å²) in [6, 6.07) is 6.19. The molecule has 1 fully saturated rings. The summed E-state index contributed by atoms with van der Waals surface area (Å²) < 4.78 is 24.5. The van der Waals surface area contributed by atoms with Gasteiger partial charge in [-0.25, -0.2) is 4.39 Å². The first-order valence-electron chi connectivity index (χ1n) is 10.4. The third-order valence-electron chi connectivity index (χ3n) is 5.40. The van der Waals surface area contributed by atoms with E-state index in [1.165, 1.54) is 12.1 Å². The molecule has 30 heavy (non-hydrogen) atoms. The number of hydrogen-bond donors (Lipinski definition) is 0. The van der Waals surface area contributed by atoms with Crippen LogP contribution in [0.15, 0.2) is 28.8 Å². The van der Waals surface area contributed by atoms with Crippen molar-refractivity contribution < 1.29 is 18.4 Å². The molecule has 0 aliphatic carbocycles. The zero-order valence-electron chi connectivity index (χ0n) is 18.2. The molecule has 2 heterocycles. The largest absolute Gasteiger partial charge is 0.383 e. The molecule has 8 heteroatoms. The Bertz CT molecular complexity index is 829. The number of aromatic nitrogens is 1. The molecule has 0 spiro atoms. The van der Waals surface area contributed by atoms with E-state index in [2.05, 4.69) is 22.0 Å². The second-order valence-electron chi connectivity index (χ2n) is 8.02. The smallest absolute Gasteiger partial charge is 0.232 e. The Morgan fingerprint density at radius 1 is 1.23 bits per heavy atom. The van der Waals surface area contributed by atoms with E-state index in [0.717, 1.165) is 37.3 Å². The summed E-state index contributed by atoms with van der Waals surface area (Å²) in [5, 5.41) is 4.33. The Morgan fingerprint density at radius 3 is 2.50 bits per heavy atom. The molecular formula is C22H31FN4O3. The summed E-state index contributed by atoms with van der Waals surface area (Å²) in [5.41, 5.74) is 2.25. The Morgan fingerprint density at radius 2 is 1.90 bits per heavy atom. The molecule has 1 saturated heterocycles. The van der Waals surface area contributed by atoms with Crippen molar-refractivity contribution >= 4 is 11.8 Å². The van der Waals surface area contributed by atoms with Crippen molar-refractivity contribution in [2.45, 2.75) is 20.4 Å². The number of carbonyl (C=O) groups excluding carboxylic acids is 1. The normalized spacial score (nSPS) is 15.1. The maximum atomic E-state index is 13.5. The van der Waals surface area contributed by atoms with Crippen LogP contribution in [0, 0.1) is 11.7 Å². The summed E-state index contributed by atoms with van der Waals surface area (Å²) in [6.07, 6.45) is 0. The number of methoxy groups -OCH3 is 1. The molecule has 1 aromatic heterocycles. The standard InChI is InChI=1S/C22H31FN4O3/c1-16(2)21(28)27(13-14-29-4)15-19-20(17-5-7-18(23)8-6-17)24-30-22(19)26-11-9-25(3)10-12-26/h5-8,16H,9-15H2,1-4H3. The van der Waals surface area contributed by atoms with Crippen LogP contribution in [0.4, 0.5) is 10.3 Å². The van der Waals surface area contributed by atoms with Gasteiger partial charge in [-0.1, -0.05) is 19.0 Å². The Hall–Kier alpha value is -2.45. The number of carbonyl (C=O) groups is 1. The average Bonchev–Trinajstić information content (AvgIpc) is 3.15. The van der Waals surface area contributed by atoms with Gasteiger partial charge in [0.15, 0.2) is 0 Å². The van der Waals surface area contributed by atoms with Crippen molar-refractivity contribution in [1.29, 1.82) is 0 Å². The van der Waals surface area contributed by atoms with Crippen molar-refractivity contribution in [3.05, 3.63) is 35.6 Å². The first-order valence-corrected chi connectivity index (χ1v) is 10.4. The maximum Gasteiger partial charge on any atom is 0.232 e. The Kier molecular flexibility index (Phi) is 7.44. The molecule has 0 saturated carbocycles. The number of hydrogen-bond acceptors (Lipinski definition) is 6. The number of amides is 1. The second kappa shape index (κ2) is 10.0. The highest BCUT2D eigenvalue weighted by atomic mass is 19.1. The summed E-state index contributed by atoms with van der Waals surface area (Å²) in [4.78, 5) is 19.1. The Balaban J connectivity index is 1.98. The van der Waals surface area contributed by atoms with Gasteiger partial charge in [-0.15, -0.1) is 0 Å². The third kappa shape index (κ3) is 5.17. The van der Waals surface area contributed by atoms with E-state index in [0.29, 0.717) is 31.3 Å². The van der Waals surface area contributed by atoms with Gasteiger partial charge < -0.3 is 24.0 Å². The zero-order valence-corrected chi connectivity index (χ0v) is 18.2. The molecule has 1 amide bonds. The summed E-state index contributed by atoms with van der Waals surface area (Å²) in [6.45, 7) is 8.53. The maximum absolute atomic E-state index is 13.5. The fraction of sp³-hybridized carbons (Fsp3) is 0.545. The topological polar surface area (TPSA) is 62.1 Å². The van der Waals surface area contributed by atoms with E-state index < -0.39 is 0 Å². The number of ether oxygens (including phenoxy) is 1. The zero-order chi connectivity index (χ0) is 21.7. The fourth-order valence-corrected chi connectivity index (χ4v) is 3.56. The van der Waals surface area contributed by atoms with E-state index in [9.17, 15) is 9.18 Å². The lowest BCUT2D eigenvalue weighted by Gasteiger charge is -2.33. The van der Waals surface area contributed by atoms with Crippen molar-refractivity contribution in [1.82, 2.24) is 15.0 Å². The molecule has 0 atom stereocenters. The molecular weight excluding hydrogens is 387 g/mol. The molecule has 3 rings (SSSR count). The lowest BCUT2D eigenvalue weighted by Crippen LogP contribution is -2.45. The van der Waals surface area contributed by atoms with E-state index in [-0.39, 0.29) is 17.6 Å². The van der Waals surface area contributed by atoms with Gasteiger partial charge in [-0.3, -0.25) is 4.79 Å². The van der Waals surface area contributed by atoms with E-state index >= 15 is 0 Å². The molecule has 0 unspecified atom stereocenters. The summed E-state index contributed by atoms with van der Waals surface area (Å²) >= 11 is 0. The van der Waals surface area contributed by atoms with Crippen LogP contribution in [-0.4, -0.2) is 74.4 Å². The van der Waals surface area contributed by atoms with Gasteiger partial charge in [0, 0.05) is 51.3 Å². The summed E-state index contributed by atoms with van der Waals surface area (Å²) in [7, 11) is 3.72. The van der Waals surface area contributed by atoms with Crippen molar-refractivity contribution in [3.63, 3.8) is 0 Å². The number of benzene rings is 1. The molecule has 164 valence electrons. The van der Waals surface area contributed by atoms with Gasteiger partial charge >= 0.3 is 0 Å². The van der Waals surface area contributed by atoms with Gasteiger partial charge in [0.2, 0.25) is 11.8 Å². The molecule has 2 aromatic rings. The molecule has 7 nitrogen and oxygen atoms in total. The fourth-order valence-electron chi connectivity index (χ4n) is 3.56. The quantitative estimate of drug-likeness (QED) is 0.657. The minimum absolute atomic E-state index is 0.0441. The lowest BCUT2D eigenvalue weighted by atomic mass is 10.1. The van der Waals surface area contributed by atoms with Gasteiger partial charge in [0.05, 0.1) is 18.7 Å². The van der Waals surface area contributed by atoms with E-state index in [1.807, 2.05) is 13.8 Å². The van der Waals surface area contributed by atoms with E-state index in [1.54, 1.807) is 24.1 Å². The highest BCUT2D eigenvalue weighted by molar-refractivity contribution is 5.79. The minimum atomic E-state index is -0.306. The number of nitrogens with zero attached hydrogens (tertiary/aromatic N) is 4. The molecule has 1 aliphatic heterocycles. The number of halogens is 1. The van der Waals surface area contributed by atoms with Crippen LogP contribution in [0.5, 0.6) is 0 Å². The monoisotopic (exact) mass is 418 g/mol. The van der Waals surface area contributed by atoms with Crippen LogP contribution in [0.3, 0.4) is 0 Å². The third-order valence-corrected chi connectivity index (χ3v) is 5.40. The van der Waals surface area contributed by atoms with Crippen LogP contribution in [0.25, 0.3) is 11.3 Å². The van der Waals surface area contributed by atoms with Gasteiger partial charge in [-0.05, 0) is 31.3 Å². The number of piperazine rings is 1. The Labute approximate surface area is 177 Å². The molecule has 1 aliphatic rings. The number of anilines is 1. The van der Waals surface area contributed by atoms with Crippen LogP contribution >= 0.6 is 0 Å². The number of rotatable bonds is 8. The average molecular weight is 419 g/mol. The molecule has 0 N–H and O–H groups in total. The predicted octanol–water partition coefficient (Wildman–Crippen LogP) is 2.86. The lowest BCUT2D eigenvalue weighted by molar-refractivity contribution is -0.135. The van der Waals surface area contributed by atoms with Crippen LogP contribution in [0.1, 0.15) is 19.4 Å². The van der Waals surface area contributed by atoms with Crippen LogP contribution in [-0.2, 0) is 16.1 Å². The van der Waals surface area contributed by atoms with E-state index in [4.69, 9.17) is 9.26 Å². The van der Waals surface area contributed by atoms with Crippen molar-refractivity contribution in [2.75, 3.05) is 58.4 Å². The van der Waals surface area contributed by atoms with Crippen LogP contribution < -0.4 is 4.90 Å². The highest BCUT2D eigenvalue weighted by Gasteiger charge is 2.28. The SMILES string of the molecule is COCCN(Cc1c(-c2ccc(F)cc2)noc1N1CCN(C)CC1)C(=O)C(C)C. The minimum Gasteiger partial charge on any atom is -0.383 e. The van der Waals surface area contributed by atoms with Gasteiger partial charge in [0.25, 0.3) is 0 Å². The molecule has 0 radical (unpaired) electrons. The summed E-state index contributed by atoms with van der Waals surface area (Å²) in [5.74, 6) is 0.284.